The molecule has 2 unspecified atom stereocenters. The zero-order chi connectivity index (χ0) is 23.0. The number of aryl methyl sites for hydroxylation is 1. The third kappa shape index (κ3) is 6.97. The molecule has 0 aliphatic rings. The second kappa shape index (κ2) is 10.8. The Kier molecular flexibility index (Phi) is 8.40. The molecule has 0 bridgehead atoms. The first-order valence-corrected chi connectivity index (χ1v) is 11.8. The van der Waals surface area contributed by atoms with E-state index in [1.807, 2.05) is 39.0 Å². The van der Waals surface area contributed by atoms with Crippen molar-refractivity contribution >= 4 is 15.9 Å². The van der Waals surface area contributed by atoms with Crippen molar-refractivity contribution in [1.82, 2.24) is 5.32 Å². The van der Waals surface area contributed by atoms with Gasteiger partial charge in [-0.1, -0.05) is 49.8 Å². The van der Waals surface area contributed by atoms with Gasteiger partial charge in [0.15, 0.2) is 9.84 Å². The smallest absolute Gasteiger partial charge is 0.410 e. The van der Waals surface area contributed by atoms with Crippen LogP contribution in [-0.4, -0.2) is 26.3 Å². The van der Waals surface area contributed by atoms with Gasteiger partial charge in [-0.15, -0.1) is 6.58 Å². The highest BCUT2D eigenvalue weighted by Gasteiger charge is 2.31. The Labute approximate surface area is 184 Å². The molecule has 6 nitrogen and oxygen atoms in total. The van der Waals surface area contributed by atoms with Crippen LogP contribution in [0, 0.1) is 24.2 Å². The van der Waals surface area contributed by atoms with Crippen LogP contribution in [0.5, 0.6) is 5.75 Å². The van der Waals surface area contributed by atoms with Gasteiger partial charge in [-0.05, 0) is 49.1 Å². The van der Waals surface area contributed by atoms with E-state index in [0.29, 0.717) is 16.9 Å². The number of carbonyl (C=O) groups excluding carboxylic acids is 1. The van der Waals surface area contributed by atoms with Crippen molar-refractivity contribution in [3.05, 3.63) is 77.9 Å². The van der Waals surface area contributed by atoms with Crippen LogP contribution in [0.25, 0.3) is 0 Å². The topological polar surface area (TPSA) is 96.3 Å². The maximum absolute atomic E-state index is 13.3. The van der Waals surface area contributed by atoms with Gasteiger partial charge in [0, 0.05) is 6.04 Å². The number of nitrogens with one attached hydrogen (secondary N) is 1. The van der Waals surface area contributed by atoms with Crippen LogP contribution in [0.2, 0.25) is 0 Å². The predicted octanol–water partition coefficient (Wildman–Crippen LogP) is 4.71. The van der Waals surface area contributed by atoms with E-state index in [-0.39, 0.29) is 18.1 Å². The van der Waals surface area contributed by atoms with E-state index < -0.39 is 27.2 Å². The third-order valence-electron chi connectivity index (χ3n) is 4.98. The van der Waals surface area contributed by atoms with Gasteiger partial charge in [0.05, 0.1) is 22.6 Å². The Bertz CT molecular complexity index is 1040. The third-order valence-corrected chi connectivity index (χ3v) is 7.13. The molecule has 2 aromatic rings. The maximum Gasteiger partial charge on any atom is 0.412 e. The first-order valence-electron chi connectivity index (χ1n) is 10.0. The van der Waals surface area contributed by atoms with E-state index in [1.54, 1.807) is 42.5 Å². The van der Waals surface area contributed by atoms with Crippen LogP contribution < -0.4 is 10.1 Å². The maximum atomic E-state index is 13.3. The van der Waals surface area contributed by atoms with Gasteiger partial charge in [-0.25, -0.2) is 13.2 Å². The van der Waals surface area contributed by atoms with E-state index >= 15 is 0 Å². The van der Waals surface area contributed by atoms with Gasteiger partial charge < -0.3 is 10.1 Å². The molecule has 2 aromatic carbocycles. The lowest BCUT2D eigenvalue weighted by Crippen LogP contribution is -2.45. The minimum atomic E-state index is -3.65. The van der Waals surface area contributed by atoms with E-state index in [9.17, 15) is 13.2 Å². The average Bonchev–Trinajstić information content (AvgIpc) is 2.73. The van der Waals surface area contributed by atoms with Gasteiger partial charge in [0.1, 0.15) is 5.75 Å². The summed E-state index contributed by atoms with van der Waals surface area (Å²) in [5, 5.41) is 10.9. The molecule has 0 heterocycles. The molecule has 0 aromatic heterocycles. The number of allylic oxidation sites excluding steroid dienone is 1. The van der Waals surface area contributed by atoms with E-state index in [0.717, 1.165) is 5.56 Å². The highest BCUT2D eigenvalue weighted by atomic mass is 32.2. The number of rotatable bonds is 9. The Morgan fingerprint density at radius 2 is 1.77 bits per heavy atom. The quantitative estimate of drug-likeness (QED) is 0.570. The zero-order valence-electron chi connectivity index (χ0n) is 18.0. The number of sulfone groups is 1. The Morgan fingerprint density at radius 3 is 2.29 bits per heavy atom. The first-order chi connectivity index (χ1) is 14.7. The van der Waals surface area contributed by atoms with Gasteiger partial charge in [-0.3, -0.25) is 0 Å². The normalized spacial score (nSPS) is 13.1. The van der Waals surface area contributed by atoms with Crippen molar-refractivity contribution in [1.29, 1.82) is 5.26 Å². The molecule has 2 atom stereocenters. The predicted molar refractivity (Wildman–Crippen MR) is 121 cm³/mol. The van der Waals surface area contributed by atoms with Crippen molar-refractivity contribution in [3.63, 3.8) is 0 Å². The molecule has 164 valence electrons. The number of nitrogens with zero attached hydrogens (tertiary/aromatic N) is 1. The molecule has 1 N–H and O–H groups in total. The number of nitriles is 1. The number of amides is 1. The van der Waals surface area contributed by atoms with Crippen LogP contribution in [0.3, 0.4) is 0 Å². The van der Waals surface area contributed by atoms with Crippen LogP contribution in [0.1, 0.15) is 42.2 Å². The fourth-order valence-electron chi connectivity index (χ4n) is 3.08. The number of carbonyl (C=O) groups is 1. The molecule has 2 rings (SSSR count). The summed E-state index contributed by atoms with van der Waals surface area (Å²) in [4.78, 5) is 12.4. The molecule has 0 saturated carbocycles. The molecule has 31 heavy (non-hydrogen) atoms. The number of ether oxygens (including phenoxy) is 1. The van der Waals surface area contributed by atoms with Crippen molar-refractivity contribution in [2.75, 3.05) is 5.75 Å². The van der Waals surface area contributed by atoms with Gasteiger partial charge in [0.25, 0.3) is 0 Å². The number of hydrogen-bond acceptors (Lipinski definition) is 5. The largest absolute Gasteiger partial charge is 0.412 e. The van der Waals surface area contributed by atoms with Gasteiger partial charge in [0.2, 0.25) is 0 Å². The monoisotopic (exact) mass is 440 g/mol. The van der Waals surface area contributed by atoms with Crippen LogP contribution in [0.4, 0.5) is 4.79 Å². The minimum Gasteiger partial charge on any atom is -0.410 e. The minimum absolute atomic E-state index is 0.134. The summed E-state index contributed by atoms with van der Waals surface area (Å²) < 4.78 is 31.8. The molecule has 0 fully saturated rings. The zero-order valence-corrected chi connectivity index (χ0v) is 18.9. The van der Waals surface area contributed by atoms with E-state index in [2.05, 4.69) is 11.9 Å². The summed E-state index contributed by atoms with van der Waals surface area (Å²) in [6.45, 7) is 9.30. The lowest BCUT2D eigenvalue weighted by molar-refractivity contribution is 0.193. The second-order valence-corrected chi connectivity index (χ2v) is 10.0. The first kappa shape index (κ1) is 24.2. The molecule has 0 saturated heterocycles. The van der Waals surface area contributed by atoms with E-state index in [4.69, 9.17) is 10.00 Å². The average molecular weight is 441 g/mol. The standard InChI is InChI=1S/C24H28N2O4S/c1-5-6-23(20-11-9-19(15-25)10-12-20)31(28,29)16-22(17(2)3)26-24(27)30-21-13-7-18(4)8-14-21/h5,7-14,17,22-23H,1,6,16H2,2-4H3,(H,26,27). The number of benzene rings is 2. The summed E-state index contributed by atoms with van der Waals surface area (Å²) in [5.41, 5.74) is 2.08. The molecule has 7 heteroatoms. The van der Waals surface area contributed by atoms with Crippen molar-refractivity contribution in [2.45, 2.75) is 38.5 Å². The summed E-state index contributed by atoms with van der Waals surface area (Å²) >= 11 is 0. The fourth-order valence-corrected chi connectivity index (χ4v) is 5.28. The Balaban J connectivity index is 2.17. The summed E-state index contributed by atoms with van der Waals surface area (Å²) in [5.74, 6) is 0.00730. The van der Waals surface area contributed by atoms with Gasteiger partial charge in [-0.2, -0.15) is 5.26 Å². The van der Waals surface area contributed by atoms with Crippen molar-refractivity contribution in [3.8, 4) is 11.8 Å². The van der Waals surface area contributed by atoms with Crippen molar-refractivity contribution < 1.29 is 17.9 Å². The SMILES string of the molecule is C=CCC(c1ccc(C#N)cc1)S(=O)(=O)CC(NC(=O)Oc1ccc(C)cc1)C(C)C. The van der Waals surface area contributed by atoms with Gasteiger partial charge >= 0.3 is 6.09 Å². The molecule has 0 radical (unpaired) electrons. The lowest BCUT2D eigenvalue weighted by atomic mass is 10.1. The summed E-state index contributed by atoms with van der Waals surface area (Å²) in [6, 6.07) is 14.9. The fraction of sp³-hybridized carbons (Fsp3) is 0.333. The summed E-state index contributed by atoms with van der Waals surface area (Å²) in [6.07, 6.45) is 1.09. The Hall–Kier alpha value is -3.11. The Morgan fingerprint density at radius 1 is 1.16 bits per heavy atom. The molecular weight excluding hydrogens is 412 g/mol. The van der Waals surface area contributed by atoms with Crippen LogP contribution in [0.15, 0.2) is 61.2 Å². The summed E-state index contributed by atoms with van der Waals surface area (Å²) in [7, 11) is -3.65. The highest BCUT2D eigenvalue weighted by Crippen LogP contribution is 2.29. The molecule has 0 aliphatic heterocycles. The number of hydrogen-bond donors (Lipinski definition) is 1. The second-order valence-electron chi connectivity index (χ2n) is 7.77. The lowest BCUT2D eigenvalue weighted by Gasteiger charge is -2.25. The van der Waals surface area contributed by atoms with Crippen LogP contribution in [-0.2, 0) is 9.84 Å². The molecule has 0 spiro atoms. The van der Waals surface area contributed by atoms with Crippen molar-refractivity contribution in [2.24, 2.45) is 5.92 Å². The molecular formula is C24H28N2O4S. The highest BCUT2D eigenvalue weighted by molar-refractivity contribution is 7.91. The molecule has 1 amide bonds. The molecule has 0 aliphatic carbocycles. The van der Waals surface area contributed by atoms with Crippen LogP contribution >= 0.6 is 0 Å². The van der Waals surface area contributed by atoms with E-state index in [1.165, 1.54) is 0 Å².